The fraction of sp³-hybridized carbons (Fsp3) is 0.943. The molecular formula is C70H137NO5. The van der Waals surface area contributed by atoms with Gasteiger partial charge in [0.1, 0.15) is 0 Å². The van der Waals surface area contributed by atoms with Gasteiger partial charge in [0.2, 0.25) is 5.91 Å². The number of allylic oxidation sites excluding steroid dienone is 2. The Morgan fingerprint density at radius 3 is 0.934 bits per heavy atom. The first-order valence-corrected chi connectivity index (χ1v) is 34.9. The maximum Gasteiger partial charge on any atom is 0.305 e. The lowest BCUT2D eigenvalue weighted by molar-refractivity contribution is -0.143. The molecule has 0 bridgehead atoms. The van der Waals surface area contributed by atoms with Crippen molar-refractivity contribution in [3.05, 3.63) is 12.2 Å². The number of amides is 1. The Morgan fingerprint density at radius 1 is 0.355 bits per heavy atom. The highest BCUT2D eigenvalue weighted by molar-refractivity contribution is 5.76. The number of aliphatic hydroxyl groups excluding tert-OH is 2. The molecule has 0 saturated carbocycles. The molecule has 76 heavy (non-hydrogen) atoms. The number of unbranched alkanes of at least 4 members (excludes halogenated alkanes) is 53. The number of aliphatic hydroxyl groups is 2. The van der Waals surface area contributed by atoms with Crippen LogP contribution < -0.4 is 5.32 Å². The molecule has 2 atom stereocenters. The predicted molar refractivity (Wildman–Crippen MR) is 333 cm³/mol. The second kappa shape index (κ2) is 66.1. The van der Waals surface area contributed by atoms with Crippen LogP contribution in [0.25, 0.3) is 0 Å². The van der Waals surface area contributed by atoms with Gasteiger partial charge in [-0.25, -0.2) is 0 Å². The molecule has 0 aliphatic heterocycles. The predicted octanol–water partition coefficient (Wildman–Crippen LogP) is 22.4. The van der Waals surface area contributed by atoms with Crippen molar-refractivity contribution in [3.8, 4) is 0 Å². The van der Waals surface area contributed by atoms with E-state index in [-0.39, 0.29) is 18.5 Å². The van der Waals surface area contributed by atoms with Gasteiger partial charge in [-0.15, -0.1) is 0 Å². The molecule has 452 valence electrons. The molecule has 6 nitrogen and oxygen atoms in total. The Hall–Kier alpha value is -1.40. The minimum absolute atomic E-state index is 0.0166. The summed E-state index contributed by atoms with van der Waals surface area (Å²) < 4.78 is 5.50. The summed E-state index contributed by atoms with van der Waals surface area (Å²) in [6, 6.07) is -0.545. The largest absolute Gasteiger partial charge is 0.466 e. The van der Waals surface area contributed by atoms with Gasteiger partial charge in [0, 0.05) is 12.8 Å². The number of carbonyl (C=O) groups is 2. The van der Waals surface area contributed by atoms with Crippen molar-refractivity contribution in [2.45, 2.75) is 411 Å². The van der Waals surface area contributed by atoms with E-state index in [1.54, 1.807) is 0 Å². The van der Waals surface area contributed by atoms with E-state index in [1.807, 2.05) is 0 Å². The Bertz CT molecular complexity index is 1140. The summed E-state index contributed by atoms with van der Waals surface area (Å²) >= 11 is 0. The monoisotopic (exact) mass is 1070 g/mol. The lowest BCUT2D eigenvalue weighted by atomic mass is 10.0. The molecule has 0 aliphatic carbocycles. The average Bonchev–Trinajstić information content (AvgIpc) is 3.42. The first-order valence-electron chi connectivity index (χ1n) is 34.9. The van der Waals surface area contributed by atoms with Crippen LogP contribution in [0.15, 0.2) is 12.2 Å². The molecule has 0 aromatic rings. The van der Waals surface area contributed by atoms with Crippen molar-refractivity contribution >= 4 is 11.9 Å². The van der Waals surface area contributed by atoms with Crippen molar-refractivity contribution in [1.29, 1.82) is 0 Å². The standard InChI is InChI=1S/C70H137NO5/c1-3-5-7-9-11-13-15-17-19-20-21-28-31-35-38-42-46-50-54-58-62-68(73)67(66-72)71-69(74)63-59-55-51-47-43-39-36-32-29-26-24-22-23-25-27-30-33-37-41-45-49-53-57-61-65-76-70(75)64-60-56-52-48-44-40-34-18-16-14-12-10-8-6-4-2/h24,26,67-68,72-73H,3-23,25,27-66H2,1-2H3,(H,71,74)/b26-24-. The molecule has 2 unspecified atom stereocenters. The van der Waals surface area contributed by atoms with Crippen LogP contribution in [0, 0.1) is 0 Å². The summed E-state index contributed by atoms with van der Waals surface area (Å²) in [7, 11) is 0. The number of ether oxygens (including phenoxy) is 1. The van der Waals surface area contributed by atoms with Gasteiger partial charge in [0.15, 0.2) is 0 Å². The van der Waals surface area contributed by atoms with E-state index in [2.05, 4.69) is 31.3 Å². The number of hydrogen-bond donors (Lipinski definition) is 3. The van der Waals surface area contributed by atoms with Crippen molar-refractivity contribution in [2.24, 2.45) is 0 Å². The third-order valence-corrected chi connectivity index (χ3v) is 16.6. The Morgan fingerprint density at radius 2 is 0.618 bits per heavy atom. The highest BCUT2D eigenvalue weighted by Crippen LogP contribution is 2.19. The summed E-state index contributed by atoms with van der Waals surface area (Å²) in [5.74, 6) is -0.0184. The summed E-state index contributed by atoms with van der Waals surface area (Å²) in [5, 5.41) is 23.4. The Labute approximate surface area is 476 Å². The number of nitrogens with one attached hydrogen (secondary N) is 1. The molecule has 1 amide bonds. The van der Waals surface area contributed by atoms with Gasteiger partial charge in [-0.1, -0.05) is 347 Å². The van der Waals surface area contributed by atoms with Crippen LogP contribution in [-0.2, 0) is 14.3 Å². The van der Waals surface area contributed by atoms with Gasteiger partial charge in [-0.3, -0.25) is 9.59 Å². The molecule has 0 radical (unpaired) electrons. The van der Waals surface area contributed by atoms with E-state index >= 15 is 0 Å². The van der Waals surface area contributed by atoms with Crippen LogP contribution in [-0.4, -0.2) is 47.4 Å². The number of carbonyl (C=O) groups excluding carboxylic acids is 2. The Balaban J connectivity index is 3.39. The zero-order valence-electron chi connectivity index (χ0n) is 51.8. The van der Waals surface area contributed by atoms with Gasteiger partial charge in [0.25, 0.3) is 0 Å². The molecule has 0 rings (SSSR count). The van der Waals surface area contributed by atoms with E-state index < -0.39 is 12.1 Å². The molecule has 0 spiro atoms. The van der Waals surface area contributed by atoms with Gasteiger partial charge >= 0.3 is 5.97 Å². The third-order valence-electron chi connectivity index (χ3n) is 16.6. The highest BCUT2D eigenvalue weighted by Gasteiger charge is 2.20. The van der Waals surface area contributed by atoms with Crippen LogP contribution in [0.4, 0.5) is 0 Å². The van der Waals surface area contributed by atoms with E-state index in [0.29, 0.717) is 25.9 Å². The van der Waals surface area contributed by atoms with Gasteiger partial charge in [0.05, 0.1) is 25.4 Å². The van der Waals surface area contributed by atoms with E-state index in [4.69, 9.17) is 4.74 Å². The smallest absolute Gasteiger partial charge is 0.305 e. The van der Waals surface area contributed by atoms with Crippen LogP contribution in [0.5, 0.6) is 0 Å². The van der Waals surface area contributed by atoms with Crippen molar-refractivity contribution in [3.63, 3.8) is 0 Å². The van der Waals surface area contributed by atoms with Gasteiger partial charge in [-0.2, -0.15) is 0 Å². The first kappa shape index (κ1) is 74.6. The molecule has 0 aromatic heterocycles. The molecule has 0 aromatic carbocycles. The summed E-state index contributed by atoms with van der Waals surface area (Å²) in [6.07, 6.45) is 81.1. The highest BCUT2D eigenvalue weighted by atomic mass is 16.5. The van der Waals surface area contributed by atoms with Gasteiger partial charge in [-0.05, 0) is 51.4 Å². The fourth-order valence-corrected chi connectivity index (χ4v) is 11.2. The normalized spacial score (nSPS) is 12.5. The Kier molecular flexibility index (Phi) is 64.9. The second-order valence-electron chi connectivity index (χ2n) is 24.2. The van der Waals surface area contributed by atoms with E-state index in [0.717, 1.165) is 38.5 Å². The van der Waals surface area contributed by atoms with Crippen molar-refractivity contribution in [1.82, 2.24) is 5.32 Å². The molecule has 6 heteroatoms. The maximum atomic E-state index is 12.5. The zero-order valence-corrected chi connectivity index (χ0v) is 51.8. The quantitative estimate of drug-likeness (QED) is 0.0320. The van der Waals surface area contributed by atoms with Crippen LogP contribution in [0.2, 0.25) is 0 Å². The first-order chi connectivity index (χ1) is 37.5. The van der Waals surface area contributed by atoms with Crippen molar-refractivity contribution < 1.29 is 24.5 Å². The SMILES string of the molecule is CCCCCCCCCCCCCCCCCCCCCCC(O)C(CO)NC(=O)CCCCCCCCCC/C=C\CCCCCCCCCCCCCCOC(=O)CCCCCCCCCCCCCCCCC. The molecule has 0 fully saturated rings. The molecule has 0 heterocycles. The minimum Gasteiger partial charge on any atom is -0.466 e. The van der Waals surface area contributed by atoms with Crippen LogP contribution in [0.3, 0.4) is 0 Å². The van der Waals surface area contributed by atoms with Crippen LogP contribution in [0.1, 0.15) is 399 Å². The molecular weight excluding hydrogens is 935 g/mol. The summed E-state index contributed by atoms with van der Waals surface area (Å²) in [5.41, 5.74) is 0. The fourth-order valence-electron chi connectivity index (χ4n) is 11.2. The molecule has 3 N–H and O–H groups in total. The topological polar surface area (TPSA) is 95.9 Å². The van der Waals surface area contributed by atoms with E-state index in [9.17, 15) is 19.8 Å². The van der Waals surface area contributed by atoms with Crippen molar-refractivity contribution in [2.75, 3.05) is 13.2 Å². The maximum absolute atomic E-state index is 12.5. The zero-order chi connectivity index (χ0) is 55.0. The molecule has 0 saturated heterocycles. The molecule has 0 aliphatic rings. The lowest BCUT2D eigenvalue weighted by Gasteiger charge is -2.22. The van der Waals surface area contributed by atoms with Crippen LogP contribution >= 0.6 is 0 Å². The second-order valence-corrected chi connectivity index (χ2v) is 24.2. The number of esters is 1. The van der Waals surface area contributed by atoms with E-state index in [1.165, 1.54) is 327 Å². The average molecular weight is 1070 g/mol. The third kappa shape index (κ3) is 61.8. The number of hydrogen-bond acceptors (Lipinski definition) is 5. The van der Waals surface area contributed by atoms with Gasteiger partial charge < -0.3 is 20.3 Å². The summed E-state index contributed by atoms with van der Waals surface area (Å²) in [4.78, 5) is 24.6. The summed E-state index contributed by atoms with van der Waals surface area (Å²) in [6.45, 7) is 5.00. The lowest BCUT2D eigenvalue weighted by Crippen LogP contribution is -2.45. The minimum atomic E-state index is -0.667. The number of rotatable bonds is 66.